The Labute approximate surface area is 170 Å². The van der Waals surface area contributed by atoms with Crippen LogP contribution in [0.2, 0.25) is 0 Å². The minimum absolute atomic E-state index is 0.0530. The van der Waals surface area contributed by atoms with Gasteiger partial charge in [-0.15, -0.1) is 10.2 Å². The molecule has 3 rings (SSSR count). The quantitative estimate of drug-likeness (QED) is 0.596. The van der Waals surface area contributed by atoms with E-state index in [0.29, 0.717) is 5.92 Å². The van der Waals surface area contributed by atoms with Crippen molar-refractivity contribution in [1.82, 2.24) is 14.8 Å². The Morgan fingerprint density at radius 1 is 1.04 bits per heavy atom. The first-order valence-electron chi connectivity index (χ1n) is 9.39. The molecule has 3 aromatic rings. The van der Waals surface area contributed by atoms with Gasteiger partial charge in [-0.3, -0.25) is 4.79 Å². The summed E-state index contributed by atoms with van der Waals surface area (Å²) in [7, 11) is 1.93. The topological polar surface area (TPSA) is 59.8 Å². The summed E-state index contributed by atoms with van der Waals surface area (Å²) in [5.41, 5.74) is 4.25. The van der Waals surface area contributed by atoms with E-state index in [9.17, 15) is 4.79 Å². The maximum absolute atomic E-state index is 12.6. The largest absolute Gasteiger partial charge is 0.325 e. The molecule has 1 N–H and O–H groups in total. The summed E-state index contributed by atoms with van der Waals surface area (Å²) >= 11 is 1.40. The molecule has 0 aliphatic rings. The Morgan fingerprint density at radius 2 is 1.71 bits per heavy atom. The van der Waals surface area contributed by atoms with E-state index in [-0.39, 0.29) is 11.2 Å². The maximum Gasteiger partial charge on any atom is 0.237 e. The molecule has 1 atom stereocenters. The van der Waals surface area contributed by atoms with Crippen LogP contribution in [0, 0.1) is 6.92 Å². The maximum atomic E-state index is 12.6. The molecular weight excluding hydrogens is 368 g/mol. The van der Waals surface area contributed by atoms with Crippen molar-refractivity contribution < 1.29 is 4.79 Å². The highest BCUT2D eigenvalue weighted by Gasteiger charge is 2.20. The number of anilines is 1. The number of rotatable bonds is 6. The standard InChI is InChI=1S/C22H26N4OS/c1-14(2)17-10-12-18(13-11-17)23-21(27)16(4)28-22-25-24-20(26(22)5)19-9-7-6-8-15(19)3/h6-14,16H,1-5H3,(H,23,27)/t16-/m0/s1. The Morgan fingerprint density at radius 3 is 2.36 bits per heavy atom. The van der Waals surface area contributed by atoms with E-state index in [1.807, 2.05) is 48.9 Å². The van der Waals surface area contributed by atoms with Gasteiger partial charge in [-0.1, -0.05) is 62.0 Å². The minimum Gasteiger partial charge on any atom is -0.325 e. The third-order valence-corrected chi connectivity index (χ3v) is 5.85. The lowest BCUT2D eigenvalue weighted by atomic mass is 10.0. The smallest absolute Gasteiger partial charge is 0.237 e. The van der Waals surface area contributed by atoms with Crippen molar-refractivity contribution in [2.75, 3.05) is 5.32 Å². The van der Waals surface area contributed by atoms with Crippen LogP contribution in [-0.4, -0.2) is 25.9 Å². The number of nitrogens with zero attached hydrogens (tertiary/aromatic N) is 3. The van der Waals surface area contributed by atoms with E-state index in [2.05, 4.69) is 54.5 Å². The summed E-state index contributed by atoms with van der Waals surface area (Å²) in [6.07, 6.45) is 0. The summed E-state index contributed by atoms with van der Waals surface area (Å²) in [5, 5.41) is 12.0. The van der Waals surface area contributed by atoms with Gasteiger partial charge in [0.25, 0.3) is 0 Å². The van der Waals surface area contributed by atoms with Gasteiger partial charge in [-0.05, 0) is 43.0 Å². The number of carbonyl (C=O) groups excluding carboxylic acids is 1. The summed E-state index contributed by atoms with van der Waals surface area (Å²) in [6.45, 7) is 8.23. The summed E-state index contributed by atoms with van der Waals surface area (Å²) in [6, 6.07) is 16.1. The highest BCUT2D eigenvalue weighted by atomic mass is 32.2. The number of nitrogens with one attached hydrogen (secondary N) is 1. The van der Waals surface area contributed by atoms with Crippen LogP contribution in [0.25, 0.3) is 11.4 Å². The molecule has 0 spiro atoms. The molecule has 0 aliphatic carbocycles. The molecule has 0 fully saturated rings. The molecule has 2 aromatic carbocycles. The van der Waals surface area contributed by atoms with Crippen LogP contribution in [0.3, 0.4) is 0 Å². The number of thioether (sulfide) groups is 1. The van der Waals surface area contributed by atoms with Gasteiger partial charge in [0.15, 0.2) is 11.0 Å². The van der Waals surface area contributed by atoms with Gasteiger partial charge in [0.1, 0.15) is 0 Å². The third-order valence-electron chi connectivity index (χ3n) is 4.72. The van der Waals surface area contributed by atoms with Crippen LogP contribution in [-0.2, 0) is 11.8 Å². The van der Waals surface area contributed by atoms with Gasteiger partial charge in [0, 0.05) is 18.3 Å². The highest BCUT2D eigenvalue weighted by molar-refractivity contribution is 8.00. The van der Waals surface area contributed by atoms with Crippen molar-refractivity contribution in [2.45, 2.75) is 44.0 Å². The summed E-state index contributed by atoms with van der Waals surface area (Å²) in [4.78, 5) is 12.6. The van der Waals surface area contributed by atoms with Crippen molar-refractivity contribution in [3.05, 3.63) is 59.7 Å². The highest BCUT2D eigenvalue weighted by Crippen LogP contribution is 2.28. The molecule has 0 unspecified atom stereocenters. The van der Waals surface area contributed by atoms with E-state index < -0.39 is 0 Å². The van der Waals surface area contributed by atoms with Crippen LogP contribution >= 0.6 is 11.8 Å². The van der Waals surface area contributed by atoms with Crippen molar-refractivity contribution in [2.24, 2.45) is 7.05 Å². The van der Waals surface area contributed by atoms with E-state index in [0.717, 1.165) is 27.8 Å². The molecule has 0 radical (unpaired) electrons. The zero-order valence-corrected chi connectivity index (χ0v) is 17.7. The number of aromatic nitrogens is 3. The second-order valence-corrected chi connectivity index (χ2v) is 8.51. The van der Waals surface area contributed by atoms with Gasteiger partial charge in [-0.2, -0.15) is 0 Å². The monoisotopic (exact) mass is 394 g/mol. The first kappa shape index (κ1) is 20.1. The second kappa shape index (κ2) is 8.61. The normalized spacial score (nSPS) is 12.2. The molecule has 0 saturated carbocycles. The fourth-order valence-corrected chi connectivity index (χ4v) is 3.70. The molecule has 6 heteroatoms. The number of amides is 1. The number of benzene rings is 2. The Balaban J connectivity index is 1.68. The predicted octanol–water partition coefficient (Wildman–Crippen LogP) is 5.03. The van der Waals surface area contributed by atoms with E-state index in [1.54, 1.807) is 0 Å². The number of aryl methyl sites for hydroxylation is 1. The van der Waals surface area contributed by atoms with Crippen LogP contribution in [0.15, 0.2) is 53.7 Å². The summed E-state index contributed by atoms with van der Waals surface area (Å²) in [5.74, 6) is 1.22. The molecule has 1 amide bonds. The van der Waals surface area contributed by atoms with Gasteiger partial charge < -0.3 is 9.88 Å². The molecule has 1 aromatic heterocycles. The zero-order chi connectivity index (χ0) is 20.3. The Bertz CT molecular complexity index is 963. The van der Waals surface area contributed by atoms with Crippen molar-refractivity contribution in [1.29, 1.82) is 0 Å². The van der Waals surface area contributed by atoms with Gasteiger partial charge in [-0.25, -0.2) is 0 Å². The SMILES string of the molecule is Cc1ccccc1-c1nnc(S[C@@H](C)C(=O)Nc2ccc(C(C)C)cc2)n1C. The lowest BCUT2D eigenvalue weighted by Gasteiger charge is -2.13. The lowest BCUT2D eigenvalue weighted by Crippen LogP contribution is -2.22. The van der Waals surface area contributed by atoms with E-state index in [1.165, 1.54) is 17.3 Å². The number of hydrogen-bond donors (Lipinski definition) is 1. The van der Waals surface area contributed by atoms with Gasteiger partial charge in [0.2, 0.25) is 5.91 Å². The van der Waals surface area contributed by atoms with Crippen LogP contribution in [0.4, 0.5) is 5.69 Å². The fourth-order valence-electron chi connectivity index (χ4n) is 2.88. The predicted molar refractivity (Wildman–Crippen MR) is 116 cm³/mol. The lowest BCUT2D eigenvalue weighted by molar-refractivity contribution is -0.115. The van der Waals surface area contributed by atoms with E-state index >= 15 is 0 Å². The zero-order valence-electron chi connectivity index (χ0n) is 16.9. The molecule has 1 heterocycles. The molecule has 0 saturated heterocycles. The average molecular weight is 395 g/mol. The van der Waals surface area contributed by atoms with Crippen LogP contribution in [0.1, 0.15) is 37.8 Å². The minimum atomic E-state index is -0.294. The molecule has 28 heavy (non-hydrogen) atoms. The molecule has 5 nitrogen and oxygen atoms in total. The summed E-state index contributed by atoms with van der Waals surface area (Å²) < 4.78 is 1.94. The van der Waals surface area contributed by atoms with Crippen molar-refractivity contribution in [3.8, 4) is 11.4 Å². The average Bonchev–Trinajstić information content (AvgIpc) is 3.03. The molecule has 0 bridgehead atoms. The van der Waals surface area contributed by atoms with Crippen molar-refractivity contribution in [3.63, 3.8) is 0 Å². The van der Waals surface area contributed by atoms with Crippen LogP contribution in [0.5, 0.6) is 0 Å². The van der Waals surface area contributed by atoms with Gasteiger partial charge in [0.05, 0.1) is 5.25 Å². The number of carbonyl (C=O) groups is 1. The molecule has 146 valence electrons. The number of hydrogen-bond acceptors (Lipinski definition) is 4. The third kappa shape index (κ3) is 4.44. The second-order valence-electron chi connectivity index (χ2n) is 7.21. The van der Waals surface area contributed by atoms with Crippen LogP contribution < -0.4 is 5.32 Å². The molecule has 0 aliphatic heterocycles. The Kier molecular flexibility index (Phi) is 6.19. The molecular formula is C22H26N4OS. The fraction of sp³-hybridized carbons (Fsp3) is 0.318. The Hall–Kier alpha value is -2.60. The first-order chi connectivity index (χ1) is 13.4. The van der Waals surface area contributed by atoms with Crippen molar-refractivity contribution >= 4 is 23.4 Å². The van der Waals surface area contributed by atoms with Gasteiger partial charge >= 0.3 is 0 Å². The van der Waals surface area contributed by atoms with E-state index in [4.69, 9.17) is 0 Å². The first-order valence-corrected chi connectivity index (χ1v) is 10.3.